The van der Waals surface area contributed by atoms with Crippen LogP contribution in [0.2, 0.25) is 15.1 Å². The summed E-state index contributed by atoms with van der Waals surface area (Å²) in [7, 11) is 0. The van der Waals surface area contributed by atoms with Gasteiger partial charge in [-0.2, -0.15) is 0 Å². The quantitative estimate of drug-likeness (QED) is 0.778. The number of carbonyl (C=O) groups is 1. The fraction of sp³-hybridized carbons (Fsp3) is 0.0714. The molecule has 2 rings (SSSR count). The number of rotatable bonds is 2. The van der Waals surface area contributed by atoms with Crippen molar-refractivity contribution in [2.45, 2.75) is 6.92 Å². The average molecular weight is 330 g/mol. The Morgan fingerprint density at radius 2 is 1.75 bits per heavy atom. The lowest BCUT2D eigenvalue weighted by Gasteiger charge is -2.10. The summed E-state index contributed by atoms with van der Waals surface area (Å²) < 4.78 is 0. The molecule has 0 saturated heterocycles. The second-order valence-corrected chi connectivity index (χ2v) is 5.50. The Hall–Kier alpha value is -1.42. The third kappa shape index (κ3) is 3.18. The van der Waals surface area contributed by atoms with Crippen LogP contribution in [0.4, 0.5) is 11.4 Å². The van der Waals surface area contributed by atoms with Crippen LogP contribution in [0, 0.1) is 6.92 Å². The van der Waals surface area contributed by atoms with Crippen molar-refractivity contribution in [3.8, 4) is 0 Å². The summed E-state index contributed by atoms with van der Waals surface area (Å²) in [4.78, 5) is 12.2. The molecule has 0 saturated carbocycles. The highest BCUT2D eigenvalue weighted by molar-refractivity contribution is 6.37. The van der Waals surface area contributed by atoms with Gasteiger partial charge in [-0.1, -0.05) is 34.8 Å². The van der Waals surface area contributed by atoms with Crippen LogP contribution >= 0.6 is 34.8 Å². The van der Waals surface area contributed by atoms with Gasteiger partial charge in [-0.3, -0.25) is 4.79 Å². The molecule has 0 radical (unpaired) electrons. The zero-order chi connectivity index (χ0) is 14.9. The molecule has 1 amide bonds. The largest absolute Gasteiger partial charge is 0.399 e. The molecule has 3 nitrogen and oxygen atoms in total. The number of halogens is 3. The summed E-state index contributed by atoms with van der Waals surface area (Å²) in [6.45, 7) is 1.83. The van der Waals surface area contributed by atoms with Crippen molar-refractivity contribution in [3.63, 3.8) is 0 Å². The van der Waals surface area contributed by atoms with Crippen molar-refractivity contribution < 1.29 is 4.79 Å². The molecule has 2 aromatic rings. The third-order valence-corrected chi connectivity index (χ3v) is 3.77. The molecule has 0 aliphatic carbocycles. The van der Waals surface area contributed by atoms with Crippen molar-refractivity contribution in [2.24, 2.45) is 0 Å². The predicted molar refractivity (Wildman–Crippen MR) is 85.0 cm³/mol. The van der Waals surface area contributed by atoms with Gasteiger partial charge in [-0.05, 0) is 42.8 Å². The molecule has 0 bridgehead atoms. The molecule has 6 heteroatoms. The SMILES string of the molecule is Cc1cc(Cl)c(NC(=O)c2ccc(N)cc2Cl)cc1Cl. The van der Waals surface area contributed by atoms with E-state index >= 15 is 0 Å². The number of nitrogens with two attached hydrogens (primary N) is 1. The van der Waals surface area contributed by atoms with E-state index < -0.39 is 0 Å². The van der Waals surface area contributed by atoms with Crippen LogP contribution in [0.3, 0.4) is 0 Å². The molecule has 0 aliphatic heterocycles. The fourth-order valence-corrected chi connectivity index (χ4v) is 2.35. The molecule has 0 fully saturated rings. The third-order valence-electron chi connectivity index (χ3n) is 2.73. The summed E-state index contributed by atoms with van der Waals surface area (Å²) in [5.74, 6) is -0.378. The number of benzene rings is 2. The van der Waals surface area contributed by atoms with Gasteiger partial charge < -0.3 is 11.1 Å². The first-order valence-corrected chi connectivity index (χ1v) is 6.84. The van der Waals surface area contributed by atoms with Crippen LogP contribution in [0.1, 0.15) is 15.9 Å². The number of hydrogen-bond donors (Lipinski definition) is 2. The van der Waals surface area contributed by atoms with Gasteiger partial charge in [0.1, 0.15) is 0 Å². The molecule has 20 heavy (non-hydrogen) atoms. The Bertz CT molecular complexity index is 686. The van der Waals surface area contributed by atoms with E-state index in [9.17, 15) is 4.79 Å². The molecule has 2 aromatic carbocycles. The Morgan fingerprint density at radius 3 is 2.40 bits per heavy atom. The summed E-state index contributed by atoms with van der Waals surface area (Å²) in [5.41, 5.74) is 7.65. The van der Waals surface area contributed by atoms with Crippen molar-refractivity contribution in [2.75, 3.05) is 11.1 Å². The standard InChI is InChI=1S/C14H11Cl3N2O/c1-7-4-12(17)13(6-10(7)15)19-14(20)9-3-2-8(18)5-11(9)16/h2-6H,18H2,1H3,(H,19,20). The predicted octanol–water partition coefficient (Wildman–Crippen LogP) is 4.79. The first-order valence-electron chi connectivity index (χ1n) is 5.70. The van der Waals surface area contributed by atoms with Gasteiger partial charge in [-0.15, -0.1) is 0 Å². The van der Waals surface area contributed by atoms with Gasteiger partial charge >= 0.3 is 0 Å². The molecule has 0 aliphatic rings. The van der Waals surface area contributed by atoms with E-state index in [0.29, 0.717) is 27.0 Å². The van der Waals surface area contributed by atoms with E-state index in [0.717, 1.165) is 5.56 Å². The molecule has 0 aromatic heterocycles. The van der Waals surface area contributed by atoms with E-state index in [4.69, 9.17) is 40.5 Å². The molecule has 104 valence electrons. The van der Waals surface area contributed by atoms with Crippen molar-refractivity contribution in [3.05, 3.63) is 56.5 Å². The van der Waals surface area contributed by atoms with Crippen molar-refractivity contribution in [1.29, 1.82) is 0 Å². The summed E-state index contributed by atoms with van der Waals surface area (Å²) in [5, 5.41) is 3.88. The first kappa shape index (κ1) is 15.0. The van der Waals surface area contributed by atoms with E-state index in [1.807, 2.05) is 6.92 Å². The highest BCUT2D eigenvalue weighted by Gasteiger charge is 2.13. The van der Waals surface area contributed by atoms with Crippen molar-refractivity contribution >= 4 is 52.1 Å². The maximum atomic E-state index is 12.2. The Labute approximate surface area is 131 Å². The number of anilines is 2. The molecular weight excluding hydrogens is 319 g/mol. The van der Waals surface area contributed by atoms with Crippen LogP contribution in [-0.4, -0.2) is 5.91 Å². The number of nitrogen functional groups attached to an aromatic ring is 1. The fourth-order valence-electron chi connectivity index (χ4n) is 1.65. The Morgan fingerprint density at radius 1 is 1.05 bits per heavy atom. The molecule has 0 atom stereocenters. The van der Waals surface area contributed by atoms with Gasteiger partial charge in [0.05, 0.1) is 21.3 Å². The highest BCUT2D eigenvalue weighted by Crippen LogP contribution is 2.29. The second kappa shape index (κ2) is 5.92. The lowest BCUT2D eigenvalue weighted by molar-refractivity contribution is 0.102. The van der Waals surface area contributed by atoms with Gasteiger partial charge in [0.2, 0.25) is 0 Å². The molecule has 0 unspecified atom stereocenters. The maximum absolute atomic E-state index is 12.2. The molecule has 0 heterocycles. The van der Waals surface area contributed by atoms with Crippen LogP contribution in [0.25, 0.3) is 0 Å². The zero-order valence-corrected chi connectivity index (χ0v) is 12.8. The minimum atomic E-state index is -0.378. The van der Waals surface area contributed by atoms with Crippen LogP contribution < -0.4 is 11.1 Å². The summed E-state index contributed by atoms with van der Waals surface area (Å²) in [6, 6.07) is 7.95. The molecule has 3 N–H and O–H groups in total. The second-order valence-electron chi connectivity index (χ2n) is 4.27. The summed E-state index contributed by atoms with van der Waals surface area (Å²) >= 11 is 18.1. The average Bonchev–Trinajstić information content (AvgIpc) is 2.35. The molecular formula is C14H11Cl3N2O. The topological polar surface area (TPSA) is 55.1 Å². The van der Waals surface area contributed by atoms with Gasteiger partial charge in [-0.25, -0.2) is 0 Å². The van der Waals surface area contributed by atoms with E-state index in [2.05, 4.69) is 5.32 Å². The van der Waals surface area contributed by atoms with Gasteiger partial charge in [0, 0.05) is 10.7 Å². The normalized spacial score (nSPS) is 10.4. The minimum absolute atomic E-state index is 0.275. The van der Waals surface area contributed by atoms with E-state index in [-0.39, 0.29) is 10.9 Å². The first-order chi connectivity index (χ1) is 9.38. The number of amides is 1. The highest BCUT2D eigenvalue weighted by atomic mass is 35.5. The van der Waals surface area contributed by atoms with Gasteiger partial charge in [0.15, 0.2) is 0 Å². The lowest BCUT2D eigenvalue weighted by atomic mass is 10.1. The number of carbonyl (C=O) groups excluding carboxylic acids is 1. The zero-order valence-electron chi connectivity index (χ0n) is 10.5. The van der Waals surface area contributed by atoms with Crippen LogP contribution in [0.5, 0.6) is 0 Å². The van der Waals surface area contributed by atoms with Crippen molar-refractivity contribution in [1.82, 2.24) is 0 Å². The Kier molecular flexibility index (Phi) is 4.43. The van der Waals surface area contributed by atoms with Crippen LogP contribution in [0.15, 0.2) is 30.3 Å². The number of aryl methyl sites for hydroxylation is 1. The maximum Gasteiger partial charge on any atom is 0.257 e. The minimum Gasteiger partial charge on any atom is -0.399 e. The lowest BCUT2D eigenvalue weighted by Crippen LogP contribution is -2.13. The van der Waals surface area contributed by atoms with Crippen LogP contribution in [-0.2, 0) is 0 Å². The molecule has 0 spiro atoms. The van der Waals surface area contributed by atoms with E-state index in [1.165, 1.54) is 6.07 Å². The summed E-state index contributed by atoms with van der Waals surface area (Å²) in [6.07, 6.45) is 0. The van der Waals surface area contributed by atoms with Gasteiger partial charge in [0.25, 0.3) is 5.91 Å². The number of hydrogen-bond acceptors (Lipinski definition) is 2. The Balaban J connectivity index is 2.30. The number of nitrogens with one attached hydrogen (secondary N) is 1. The monoisotopic (exact) mass is 328 g/mol. The smallest absolute Gasteiger partial charge is 0.257 e. The van der Waals surface area contributed by atoms with E-state index in [1.54, 1.807) is 24.3 Å².